The van der Waals surface area contributed by atoms with E-state index in [1.54, 1.807) is 7.05 Å². The van der Waals surface area contributed by atoms with Crippen LogP contribution in [-0.4, -0.2) is 29.4 Å². The van der Waals surface area contributed by atoms with E-state index in [2.05, 4.69) is 20.9 Å². The van der Waals surface area contributed by atoms with Gasteiger partial charge in [0, 0.05) is 23.5 Å². The third-order valence-corrected chi connectivity index (χ3v) is 4.26. The number of rotatable bonds is 0. The van der Waals surface area contributed by atoms with Crippen molar-refractivity contribution in [2.24, 2.45) is 10.7 Å². The van der Waals surface area contributed by atoms with Crippen molar-refractivity contribution in [2.75, 3.05) is 7.05 Å². The van der Waals surface area contributed by atoms with Gasteiger partial charge >= 0.3 is 0 Å². The zero-order chi connectivity index (χ0) is 14.7. The highest BCUT2D eigenvalue weighted by Crippen LogP contribution is 2.49. The Bertz CT molecular complexity index is 641. The molecule has 1 atom stereocenters. The Morgan fingerprint density at radius 3 is 2.75 bits per heavy atom. The number of guanidine groups is 1. The molecule has 106 valence electrons. The number of nitrogens with two attached hydrogens (primary N) is 1. The lowest BCUT2D eigenvalue weighted by atomic mass is 9.77. The van der Waals surface area contributed by atoms with Crippen LogP contribution < -0.4 is 10.5 Å². The minimum Gasteiger partial charge on any atom is -0.487 e. The maximum atomic E-state index is 12.7. The maximum absolute atomic E-state index is 12.7. The lowest BCUT2D eigenvalue weighted by molar-refractivity contribution is -0.133. The van der Waals surface area contributed by atoms with E-state index < -0.39 is 11.1 Å². The summed E-state index contributed by atoms with van der Waals surface area (Å²) in [5.41, 5.74) is 5.17. The van der Waals surface area contributed by atoms with Gasteiger partial charge in [0.05, 0.1) is 0 Å². The highest BCUT2D eigenvalue weighted by atomic mass is 79.9. The molecule has 2 aliphatic heterocycles. The number of likely N-dealkylation sites (N-methyl/N-ethyl adjacent to an activating group) is 1. The smallest absolute Gasteiger partial charge is 0.261 e. The van der Waals surface area contributed by atoms with E-state index in [9.17, 15) is 4.79 Å². The topological polar surface area (TPSA) is 67.9 Å². The first-order chi connectivity index (χ1) is 9.25. The molecule has 0 saturated carbocycles. The van der Waals surface area contributed by atoms with Gasteiger partial charge in [-0.05, 0) is 32.0 Å². The first kappa shape index (κ1) is 13.4. The molecule has 0 radical (unpaired) electrons. The Hall–Kier alpha value is -1.56. The summed E-state index contributed by atoms with van der Waals surface area (Å²) in [7, 11) is 1.65. The molecule has 1 aromatic rings. The molecule has 0 aromatic heterocycles. The maximum Gasteiger partial charge on any atom is 0.261 e. The molecule has 0 aliphatic carbocycles. The van der Waals surface area contributed by atoms with Gasteiger partial charge in [-0.3, -0.25) is 9.69 Å². The van der Waals surface area contributed by atoms with E-state index in [0.717, 1.165) is 10.0 Å². The third kappa shape index (κ3) is 1.74. The van der Waals surface area contributed by atoms with Crippen molar-refractivity contribution in [3.05, 3.63) is 28.2 Å². The highest BCUT2D eigenvalue weighted by molar-refractivity contribution is 9.10. The molecule has 0 fully saturated rings. The second-order valence-corrected chi connectivity index (χ2v) is 6.79. The van der Waals surface area contributed by atoms with Crippen LogP contribution >= 0.6 is 15.9 Å². The summed E-state index contributed by atoms with van der Waals surface area (Å²) in [5.74, 6) is 0.828. The van der Waals surface area contributed by atoms with Crippen LogP contribution in [0, 0.1) is 0 Å². The number of halogens is 1. The molecule has 1 spiro atoms. The molecule has 2 aliphatic rings. The Morgan fingerprint density at radius 1 is 1.45 bits per heavy atom. The number of ether oxygens (including phenoxy) is 1. The minimum absolute atomic E-state index is 0.106. The predicted octanol–water partition coefficient (Wildman–Crippen LogP) is 1.99. The highest BCUT2D eigenvalue weighted by Gasteiger charge is 2.55. The first-order valence-corrected chi connectivity index (χ1v) is 7.17. The number of amides is 1. The standard InChI is InChI=1S/C14H16BrN3O2/c1-13(2)7-14(11(19)18(3)12(16)17-14)9-6-8(15)4-5-10(9)20-13/h4-6H,7H2,1-3H3,(H2,16,17). The van der Waals surface area contributed by atoms with Gasteiger partial charge in [-0.25, -0.2) is 4.99 Å². The lowest BCUT2D eigenvalue weighted by Gasteiger charge is -2.41. The molecule has 0 bridgehead atoms. The molecule has 1 aromatic carbocycles. The molecule has 3 rings (SSSR count). The Balaban J connectivity index is 2.27. The Morgan fingerprint density at radius 2 is 2.15 bits per heavy atom. The number of carbonyl (C=O) groups is 1. The monoisotopic (exact) mass is 337 g/mol. The molecule has 1 unspecified atom stereocenters. The van der Waals surface area contributed by atoms with E-state index in [-0.39, 0.29) is 11.9 Å². The van der Waals surface area contributed by atoms with Crippen molar-refractivity contribution in [1.82, 2.24) is 4.90 Å². The van der Waals surface area contributed by atoms with E-state index in [1.165, 1.54) is 4.90 Å². The molecule has 2 N–H and O–H groups in total. The summed E-state index contributed by atoms with van der Waals surface area (Å²) in [6.45, 7) is 3.91. The third-order valence-electron chi connectivity index (χ3n) is 3.76. The molecule has 6 heteroatoms. The largest absolute Gasteiger partial charge is 0.487 e. The fraction of sp³-hybridized carbons (Fsp3) is 0.429. The van der Waals surface area contributed by atoms with E-state index >= 15 is 0 Å². The van der Waals surface area contributed by atoms with Crippen LogP contribution in [0.2, 0.25) is 0 Å². The number of aliphatic imine (C=N–C) groups is 1. The second-order valence-electron chi connectivity index (χ2n) is 5.87. The van der Waals surface area contributed by atoms with Gasteiger partial charge in [0.2, 0.25) is 0 Å². The van der Waals surface area contributed by atoms with Crippen molar-refractivity contribution in [1.29, 1.82) is 0 Å². The molecule has 0 saturated heterocycles. The van der Waals surface area contributed by atoms with Crippen LogP contribution in [0.5, 0.6) is 5.75 Å². The van der Waals surface area contributed by atoms with Gasteiger partial charge in [0.25, 0.3) is 5.91 Å². The number of benzene rings is 1. The van der Waals surface area contributed by atoms with Crippen LogP contribution in [0.4, 0.5) is 0 Å². The lowest BCUT2D eigenvalue weighted by Crippen LogP contribution is -2.49. The van der Waals surface area contributed by atoms with Crippen LogP contribution in [0.25, 0.3) is 0 Å². The van der Waals surface area contributed by atoms with E-state index in [0.29, 0.717) is 12.2 Å². The zero-order valence-corrected chi connectivity index (χ0v) is 13.2. The molecule has 20 heavy (non-hydrogen) atoms. The summed E-state index contributed by atoms with van der Waals surface area (Å²) in [6.07, 6.45) is 0.466. The minimum atomic E-state index is -0.973. The second kappa shape index (κ2) is 3.97. The van der Waals surface area contributed by atoms with Gasteiger partial charge in [-0.1, -0.05) is 15.9 Å². The van der Waals surface area contributed by atoms with Crippen LogP contribution in [0.1, 0.15) is 25.8 Å². The normalized spacial score (nSPS) is 27.3. The van der Waals surface area contributed by atoms with Crippen molar-refractivity contribution >= 4 is 27.8 Å². The van der Waals surface area contributed by atoms with Gasteiger partial charge in [0.15, 0.2) is 11.5 Å². The van der Waals surface area contributed by atoms with Crippen LogP contribution in [-0.2, 0) is 10.3 Å². The van der Waals surface area contributed by atoms with E-state index in [1.807, 2.05) is 32.0 Å². The van der Waals surface area contributed by atoms with Crippen molar-refractivity contribution < 1.29 is 9.53 Å². The Labute approximate surface area is 125 Å². The summed E-state index contributed by atoms with van der Waals surface area (Å²) in [6, 6.07) is 5.64. The van der Waals surface area contributed by atoms with Gasteiger partial charge in [-0.15, -0.1) is 0 Å². The van der Waals surface area contributed by atoms with E-state index in [4.69, 9.17) is 10.5 Å². The zero-order valence-electron chi connectivity index (χ0n) is 11.6. The van der Waals surface area contributed by atoms with Crippen molar-refractivity contribution in [2.45, 2.75) is 31.4 Å². The molecule has 2 heterocycles. The number of hydrogen-bond donors (Lipinski definition) is 1. The fourth-order valence-electron chi connectivity index (χ4n) is 2.95. The number of carbonyl (C=O) groups excluding carboxylic acids is 1. The van der Waals surface area contributed by atoms with Crippen molar-refractivity contribution in [3.8, 4) is 5.75 Å². The molecular weight excluding hydrogens is 322 g/mol. The summed E-state index contributed by atoms with van der Waals surface area (Å²) < 4.78 is 6.86. The number of fused-ring (bicyclic) bond motifs is 2. The summed E-state index contributed by atoms with van der Waals surface area (Å²) in [5, 5.41) is 0. The van der Waals surface area contributed by atoms with Gasteiger partial charge in [-0.2, -0.15) is 0 Å². The van der Waals surface area contributed by atoms with Crippen LogP contribution in [0.3, 0.4) is 0 Å². The number of hydrogen-bond acceptors (Lipinski definition) is 4. The SMILES string of the molecule is CN1C(=O)C2(CC(C)(C)Oc3ccc(Br)cc32)N=C1N. The average molecular weight is 338 g/mol. The van der Waals surface area contributed by atoms with Crippen LogP contribution in [0.15, 0.2) is 27.7 Å². The quantitative estimate of drug-likeness (QED) is 0.787. The first-order valence-electron chi connectivity index (χ1n) is 6.38. The molecule has 5 nitrogen and oxygen atoms in total. The molecular formula is C14H16BrN3O2. The molecule has 1 amide bonds. The number of nitrogens with zero attached hydrogens (tertiary/aromatic N) is 2. The summed E-state index contributed by atoms with van der Waals surface area (Å²) in [4.78, 5) is 18.6. The Kier molecular flexibility index (Phi) is 2.67. The fourth-order valence-corrected chi connectivity index (χ4v) is 3.31. The van der Waals surface area contributed by atoms with Gasteiger partial charge in [0.1, 0.15) is 11.4 Å². The average Bonchev–Trinajstić information content (AvgIpc) is 2.55. The van der Waals surface area contributed by atoms with Crippen molar-refractivity contribution in [3.63, 3.8) is 0 Å². The van der Waals surface area contributed by atoms with Gasteiger partial charge < -0.3 is 10.5 Å². The summed E-state index contributed by atoms with van der Waals surface area (Å²) >= 11 is 3.44. The predicted molar refractivity (Wildman–Crippen MR) is 79.5 cm³/mol.